The highest BCUT2D eigenvalue weighted by Gasteiger charge is 2.30. The Balaban J connectivity index is 2.13. The number of para-hydroxylation sites is 1. The molecule has 1 aliphatic heterocycles. The third kappa shape index (κ3) is 3.53. The Morgan fingerprint density at radius 2 is 1.86 bits per heavy atom. The molecular formula is C14H22FN3O2S. The predicted octanol–water partition coefficient (Wildman–Crippen LogP) is 1.37. The van der Waals surface area contributed by atoms with E-state index in [1.165, 1.54) is 16.4 Å². The second kappa shape index (κ2) is 6.29. The molecule has 1 aromatic carbocycles. The number of sulfonamides is 1. The monoisotopic (exact) mass is 315 g/mol. The number of benzene rings is 1. The number of rotatable bonds is 4. The number of halogens is 1. The van der Waals surface area contributed by atoms with Crippen LogP contribution in [0.2, 0.25) is 0 Å². The number of hydrogen-bond donors (Lipinski definition) is 1. The third-order valence-corrected chi connectivity index (χ3v) is 5.54. The third-order valence-electron chi connectivity index (χ3n) is 3.59. The lowest BCUT2D eigenvalue weighted by Crippen LogP contribution is -2.49. The maximum atomic E-state index is 13.5. The molecule has 2 rings (SSSR count). The van der Waals surface area contributed by atoms with E-state index in [4.69, 9.17) is 5.73 Å². The van der Waals surface area contributed by atoms with E-state index in [0.717, 1.165) is 12.6 Å². The van der Waals surface area contributed by atoms with Crippen LogP contribution >= 0.6 is 0 Å². The van der Waals surface area contributed by atoms with Gasteiger partial charge in [-0.25, -0.2) is 12.8 Å². The molecule has 7 heteroatoms. The number of nitrogen functional groups attached to an aromatic ring is 1. The van der Waals surface area contributed by atoms with E-state index in [1.54, 1.807) is 0 Å². The minimum Gasteiger partial charge on any atom is -0.395 e. The van der Waals surface area contributed by atoms with Gasteiger partial charge in [-0.3, -0.25) is 0 Å². The number of hydrogen-bond acceptors (Lipinski definition) is 4. The highest BCUT2D eigenvalue weighted by Crippen LogP contribution is 2.25. The Labute approximate surface area is 125 Å². The van der Waals surface area contributed by atoms with Crippen LogP contribution in [0.25, 0.3) is 0 Å². The quantitative estimate of drug-likeness (QED) is 0.852. The van der Waals surface area contributed by atoms with Gasteiger partial charge in [0.1, 0.15) is 10.7 Å². The van der Waals surface area contributed by atoms with Crippen LogP contribution in [0.5, 0.6) is 0 Å². The number of anilines is 1. The second-order valence-electron chi connectivity index (χ2n) is 5.75. The molecule has 0 unspecified atom stereocenters. The van der Waals surface area contributed by atoms with E-state index >= 15 is 0 Å². The van der Waals surface area contributed by atoms with Gasteiger partial charge in [-0.2, -0.15) is 4.31 Å². The minimum absolute atomic E-state index is 0.139. The van der Waals surface area contributed by atoms with Gasteiger partial charge < -0.3 is 10.6 Å². The van der Waals surface area contributed by atoms with Crippen LogP contribution in [0.4, 0.5) is 10.1 Å². The van der Waals surface area contributed by atoms with Crippen LogP contribution in [0.15, 0.2) is 23.1 Å². The molecule has 1 aromatic rings. The van der Waals surface area contributed by atoms with Gasteiger partial charge in [0.15, 0.2) is 0 Å². The van der Waals surface area contributed by atoms with Crippen molar-refractivity contribution in [2.75, 3.05) is 38.5 Å². The lowest BCUT2D eigenvalue weighted by atomic mass is 10.2. The predicted molar refractivity (Wildman–Crippen MR) is 80.8 cm³/mol. The molecule has 1 aliphatic rings. The molecule has 1 heterocycles. The van der Waals surface area contributed by atoms with Gasteiger partial charge in [-0.1, -0.05) is 19.9 Å². The van der Waals surface area contributed by atoms with Crippen molar-refractivity contribution < 1.29 is 12.8 Å². The molecule has 5 nitrogen and oxygen atoms in total. The number of nitrogens with two attached hydrogens (primary N) is 1. The van der Waals surface area contributed by atoms with Gasteiger partial charge >= 0.3 is 0 Å². The first-order valence-electron chi connectivity index (χ1n) is 7.09. The van der Waals surface area contributed by atoms with Crippen molar-refractivity contribution in [1.29, 1.82) is 0 Å². The summed E-state index contributed by atoms with van der Waals surface area (Å²) in [4.78, 5) is 2.10. The summed E-state index contributed by atoms with van der Waals surface area (Å²) in [5.41, 5.74) is 5.27. The van der Waals surface area contributed by atoms with Crippen LogP contribution in [0, 0.1) is 11.7 Å². The molecule has 118 valence electrons. The SMILES string of the molecule is CC(C)CN1CCN(S(=O)(=O)c2cccc(F)c2N)CC1. The second-order valence-corrected chi connectivity index (χ2v) is 7.66. The molecule has 0 aliphatic carbocycles. The molecule has 0 atom stereocenters. The number of nitrogens with zero attached hydrogens (tertiary/aromatic N) is 2. The fraction of sp³-hybridized carbons (Fsp3) is 0.571. The number of piperazine rings is 1. The van der Waals surface area contributed by atoms with Gasteiger partial charge in [-0.05, 0) is 18.1 Å². The zero-order valence-corrected chi connectivity index (χ0v) is 13.2. The lowest BCUT2D eigenvalue weighted by Gasteiger charge is -2.34. The zero-order chi connectivity index (χ0) is 15.6. The van der Waals surface area contributed by atoms with E-state index in [9.17, 15) is 12.8 Å². The Bertz CT molecular complexity index is 596. The highest BCUT2D eigenvalue weighted by molar-refractivity contribution is 7.89. The summed E-state index contributed by atoms with van der Waals surface area (Å²) >= 11 is 0. The molecule has 0 radical (unpaired) electrons. The maximum absolute atomic E-state index is 13.5. The van der Waals surface area contributed by atoms with Crippen molar-refractivity contribution in [3.05, 3.63) is 24.0 Å². The van der Waals surface area contributed by atoms with E-state index in [-0.39, 0.29) is 10.6 Å². The molecule has 0 spiro atoms. The Kier molecular flexibility index (Phi) is 4.85. The van der Waals surface area contributed by atoms with Crippen LogP contribution in [0.1, 0.15) is 13.8 Å². The van der Waals surface area contributed by atoms with E-state index in [2.05, 4.69) is 18.7 Å². The van der Waals surface area contributed by atoms with E-state index in [1.807, 2.05) is 0 Å². The molecule has 0 bridgehead atoms. The van der Waals surface area contributed by atoms with Crippen molar-refractivity contribution in [3.8, 4) is 0 Å². The summed E-state index contributed by atoms with van der Waals surface area (Å²) in [5, 5.41) is 0. The summed E-state index contributed by atoms with van der Waals surface area (Å²) in [6.07, 6.45) is 0. The van der Waals surface area contributed by atoms with Crippen LogP contribution in [0.3, 0.4) is 0 Å². The molecule has 0 aromatic heterocycles. The highest BCUT2D eigenvalue weighted by atomic mass is 32.2. The van der Waals surface area contributed by atoms with Crippen molar-refractivity contribution in [2.45, 2.75) is 18.7 Å². The zero-order valence-electron chi connectivity index (χ0n) is 12.4. The molecule has 0 saturated carbocycles. The van der Waals surface area contributed by atoms with Crippen LogP contribution in [-0.2, 0) is 10.0 Å². The smallest absolute Gasteiger partial charge is 0.245 e. The van der Waals surface area contributed by atoms with E-state index < -0.39 is 15.8 Å². The normalized spacial score (nSPS) is 18.3. The van der Waals surface area contributed by atoms with Crippen LogP contribution in [-0.4, -0.2) is 50.3 Å². The molecule has 1 fully saturated rings. The fourth-order valence-electron chi connectivity index (χ4n) is 2.55. The molecule has 1 saturated heterocycles. The maximum Gasteiger partial charge on any atom is 0.245 e. The van der Waals surface area contributed by atoms with Crippen molar-refractivity contribution >= 4 is 15.7 Å². The van der Waals surface area contributed by atoms with Crippen LogP contribution < -0.4 is 5.73 Å². The topological polar surface area (TPSA) is 66.6 Å². The molecule has 2 N–H and O–H groups in total. The van der Waals surface area contributed by atoms with Gasteiger partial charge in [0.2, 0.25) is 10.0 Å². The van der Waals surface area contributed by atoms with Gasteiger partial charge in [0, 0.05) is 32.7 Å². The lowest BCUT2D eigenvalue weighted by molar-refractivity contribution is 0.172. The van der Waals surface area contributed by atoms with Crippen molar-refractivity contribution in [1.82, 2.24) is 9.21 Å². The summed E-state index contributed by atoms with van der Waals surface area (Å²) in [6.45, 7) is 7.42. The standard InChI is InChI=1S/C14H22FN3O2S/c1-11(2)10-17-6-8-18(9-7-17)21(19,20)13-5-3-4-12(15)14(13)16/h3-5,11H,6-10,16H2,1-2H3. The fourth-order valence-corrected chi connectivity index (χ4v) is 4.10. The van der Waals surface area contributed by atoms with Gasteiger partial charge in [-0.15, -0.1) is 0 Å². The largest absolute Gasteiger partial charge is 0.395 e. The first kappa shape index (κ1) is 16.2. The average Bonchev–Trinajstić information content (AvgIpc) is 2.41. The molecule has 0 amide bonds. The van der Waals surface area contributed by atoms with Crippen molar-refractivity contribution in [3.63, 3.8) is 0 Å². The van der Waals surface area contributed by atoms with Gasteiger partial charge in [0.05, 0.1) is 5.69 Å². The first-order chi connectivity index (χ1) is 9.82. The van der Waals surface area contributed by atoms with E-state index in [0.29, 0.717) is 32.1 Å². The molecule has 21 heavy (non-hydrogen) atoms. The summed E-state index contributed by atoms with van der Waals surface area (Å²) < 4.78 is 39.9. The van der Waals surface area contributed by atoms with Gasteiger partial charge in [0.25, 0.3) is 0 Å². The summed E-state index contributed by atoms with van der Waals surface area (Å²) in [7, 11) is -3.73. The first-order valence-corrected chi connectivity index (χ1v) is 8.53. The van der Waals surface area contributed by atoms with Crippen molar-refractivity contribution in [2.24, 2.45) is 5.92 Å². The minimum atomic E-state index is -3.73. The Morgan fingerprint density at radius 1 is 1.24 bits per heavy atom. The summed E-state index contributed by atoms with van der Waals surface area (Å²) in [6, 6.07) is 3.89. The Morgan fingerprint density at radius 3 is 2.43 bits per heavy atom. The summed E-state index contributed by atoms with van der Waals surface area (Å²) in [5.74, 6) is -0.151. The Hall–Kier alpha value is -1.18. The average molecular weight is 315 g/mol. The molecular weight excluding hydrogens is 293 g/mol.